The lowest BCUT2D eigenvalue weighted by Crippen LogP contribution is -2.41. The predicted octanol–water partition coefficient (Wildman–Crippen LogP) is 1.94. The number of hydrogen-bond donors (Lipinski definition) is 2. The van der Waals surface area contributed by atoms with Crippen LogP contribution in [0.15, 0.2) is 10.9 Å². The summed E-state index contributed by atoms with van der Waals surface area (Å²) in [5, 5.41) is 12.5. The van der Waals surface area contributed by atoms with Crippen molar-refractivity contribution in [2.75, 3.05) is 6.54 Å². The fourth-order valence-electron chi connectivity index (χ4n) is 3.83. The summed E-state index contributed by atoms with van der Waals surface area (Å²) in [5.41, 5.74) is 8.50. The third-order valence-corrected chi connectivity index (χ3v) is 5.28. The number of thiazole rings is 1. The zero-order valence-corrected chi connectivity index (χ0v) is 10.1. The molecule has 0 saturated heterocycles. The summed E-state index contributed by atoms with van der Waals surface area (Å²) in [7, 11) is 0. The van der Waals surface area contributed by atoms with Gasteiger partial charge in [0.15, 0.2) is 0 Å². The molecule has 4 heteroatoms. The van der Waals surface area contributed by atoms with E-state index in [9.17, 15) is 5.11 Å². The summed E-state index contributed by atoms with van der Waals surface area (Å²) < 4.78 is 0. The van der Waals surface area contributed by atoms with E-state index in [0.29, 0.717) is 12.5 Å². The van der Waals surface area contributed by atoms with E-state index in [1.807, 2.05) is 5.38 Å². The maximum absolute atomic E-state index is 10.5. The molecule has 1 heterocycles. The smallest absolute Gasteiger partial charge is 0.104 e. The Morgan fingerprint density at radius 1 is 1.62 bits per heavy atom. The number of hydrogen-bond acceptors (Lipinski definition) is 4. The minimum atomic E-state index is -0.459. The second-order valence-electron chi connectivity index (χ2n) is 5.33. The largest absolute Gasteiger partial charge is 0.386 e. The second-order valence-corrected chi connectivity index (χ2v) is 6.05. The molecule has 2 saturated carbocycles. The molecule has 88 valence electrons. The van der Waals surface area contributed by atoms with Crippen LogP contribution in [-0.2, 0) is 0 Å². The number of nitrogens with zero attached hydrogens (tertiary/aromatic N) is 1. The Balaban J connectivity index is 1.91. The molecule has 16 heavy (non-hydrogen) atoms. The fraction of sp³-hybridized carbons (Fsp3) is 0.750. The van der Waals surface area contributed by atoms with Crippen molar-refractivity contribution in [1.29, 1.82) is 0 Å². The maximum Gasteiger partial charge on any atom is 0.104 e. The first-order chi connectivity index (χ1) is 7.76. The topological polar surface area (TPSA) is 59.1 Å². The predicted molar refractivity (Wildman–Crippen MR) is 64.0 cm³/mol. The molecule has 2 aliphatic carbocycles. The molecule has 0 aromatic carbocycles. The van der Waals surface area contributed by atoms with Crippen LogP contribution in [0.1, 0.15) is 37.5 Å². The number of aromatic nitrogens is 1. The number of nitrogens with two attached hydrogens (primary N) is 1. The van der Waals surface area contributed by atoms with E-state index in [2.05, 4.69) is 4.98 Å². The zero-order valence-electron chi connectivity index (χ0n) is 9.30. The Bertz CT molecular complexity index is 367. The van der Waals surface area contributed by atoms with Crippen LogP contribution in [0.25, 0.3) is 0 Å². The number of aliphatic hydroxyl groups excluding tert-OH is 1. The highest BCUT2D eigenvalue weighted by atomic mass is 32.1. The van der Waals surface area contributed by atoms with E-state index in [1.54, 1.807) is 16.8 Å². The maximum atomic E-state index is 10.5. The van der Waals surface area contributed by atoms with Crippen molar-refractivity contribution in [3.63, 3.8) is 0 Å². The van der Waals surface area contributed by atoms with E-state index < -0.39 is 6.10 Å². The van der Waals surface area contributed by atoms with Crippen LogP contribution in [0.4, 0.5) is 0 Å². The van der Waals surface area contributed by atoms with E-state index in [0.717, 1.165) is 18.0 Å². The van der Waals surface area contributed by atoms with Gasteiger partial charge in [-0.1, -0.05) is 6.42 Å². The zero-order chi connectivity index (χ0) is 11.2. The highest BCUT2D eigenvalue weighted by molar-refractivity contribution is 7.07. The minimum Gasteiger partial charge on any atom is -0.386 e. The van der Waals surface area contributed by atoms with Crippen LogP contribution < -0.4 is 5.73 Å². The number of rotatable bonds is 3. The van der Waals surface area contributed by atoms with Crippen molar-refractivity contribution in [2.45, 2.75) is 31.8 Å². The summed E-state index contributed by atoms with van der Waals surface area (Å²) in [5.74, 6) is 1.40. The van der Waals surface area contributed by atoms with E-state index in [1.165, 1.54) is 19.3 Å². The van der Waals surface area contributed by atoms with E-state index in [4.69, 9.17) is 5.73 Å². The van der Waals surface area contributed by atoms with Gasteiger partial charge in [-0.3, -0.25) is 0 Å². The van der Waals surface area contributed by atoms with Crippen molar-refractivity contribution in [3.8, 4) is 0 Å². The third-order valence-electron chi connectivity index (χ3n) is 4.68. The Labute approximate surface area is 99.7 Å². The average Bonchev–Trinajstić information content (AvgIpc) is 3.03. The molecule has 3 N–H and O–H groups in total. The first kappa shape index (κ1) is 10.7. The van der Waals surface area contributed by atoms with Crippen LogP contribution in [0.5, 0.6) is 0 Å². The van der Waals surface area contributed by atoms with Crippen molar-refractivity contribution in [1.82, 2.24) is 4.98 Å². The van der Waals surface area contributed by atoms with Gasteiger partial charge in [0.1, 0.15) is 6.10 Å². The summed E-state index contributed by atoms with van der Waals surface area (Å²) in [6, 6.07) is 0. The molecule has 0 amide bonds. The minimum absolute atomic E-state index is 0.0863. The molecule has 4 atom stereocenters. The third kappa shape index (κ3) is 1.36. The lowest BCUT2D eigenvalue weighted by atomic mass is 9.68. The Morgan fingerprint density at radius 3 is 3.00 bits per heavy atom. The summed E-state index contributed by atoms with van der Waals surface area (Å²) in [6.45, 7) is 0.590. The Kier molecular flexibility index (Phi) is 2.53. The van der Waals surface area contributed by atoms with Crippen molar-refractivity contribution >= 4 is 11.3 Å². The molecule has 1 aromatic rings. The first-order valence-corrected chi connectivity index (χ1v) is 6.97. The molecule has 0 radical (unpaired) electrons. The van der Waals surface area contributed by atoms with Gasteiger partial charge in [-0.2, -0.15) is 0 Å². The van der Waals surface area contributed by atoms with Gasteiger partial charge in [0, 0.05) is 17.3 Å². The quantitative estimate of drug-likeness (QED) is 0.846. The average molecular weight is 238 g/mol. The van der Waals surface area contributed by atoms with Crippen LogP contribution in [-0.4, -0.2) is 16.6 Å². The van der Waals surface area contributed by atoms with Gasteiger partial charge in [0.05, 0.1) is 11.2 Å². The summed E-state index contributed by atoms with van der Waals surface area (Å²) in [6.07, 6.45) is 4.46. The normalized spacial score (nSPS) is 39.1. The van der Waals surface area contributed by atoms with Crippen LogP contribution in [0, 0.1) is 17.3 Å². The highest BCUT2D eigenvalue weighted by Crippen LogP contribution is 2.60. The van der Waals surface area contributed by atoms with Gasteiger partial charge in [-0.15, -0.1) is 11.3 Å². The van der Waals surface area contributed by atoms with Crippen molar-refractivity contribution in [3.05, 3.63) is 16.6 Å². The van der Waals surface area contributed by atoms with Crippen LogP contribution in [0.2, 0.25) is 0 Å². The van der Waals surface area contributed by atoms with Gasteiger partial charge in [-0.05, 0) is 31.1 Å². The molecule has 2 bridgehead atoms. The molecule has 0 aliphatic heterocycles. The van der Waals surface area contributed by atoms with Gasteiger partial charge >= 0.3 is 0 Å². The monoisotopic (exact) mass is 238 g/mol. The Morgan fingerprint density at radius 2 is 2.50 bits per heavy atom. The molecule has 2 aliphatic rings. The van der Waals surface area contributed by atoms with E-state index >= 15 is 0 Å². The first-order valence-electron chi connectivity index (χ1n) is 6.02. The lowest BCUT2D eigenvalue weighted by Gasteiger charge is -2.40. The van der Waals surface area contributed by atoms with Gasteiger partial charge in [0.25, 0.3) is 0 Å². The van der Waals surface area contributed by atoms with Crippen molar-refractivity contribution in [2.24, 2.45) is 23.0 Å². The van der Waals surface area contributed by atoms with Gasteiger partial charge < -0.3 is 10.8 Å². The molecular weight excluding hydrogens is 220 g/mol. The Hall–Kier alpha value is -0.450. The summed E-state index contributed by atoms with van der Waals surface area (Å²) >= 11 is 1.54. The van der Waals surface area contributed by atoms with Gasteiger partial charge in [-0.25, -0.2) is 4.98 Å². The number of aliphatic hydroxyl groups is 1. The molecule has 3 rings (SSSR count). The van der Waals surface area contributed by atoms with Crippen molar-refractivity contribution < 1.29 is 5.11 Å². The van der Waals surface area contributed by atoms with Gasteiger partial charge in [0.2, 0.25) is 0 Å². The molecule has 2 fully saturated rings. The molecule has 0 spiro atoms. The molecule has 4 unspecified atom stereocenters. The van der Waals surface area contributed by atoms with Crippen LogP contribution in [0.3, 0.4) is 0 Å². The summed E-state index contributed by atoms with van der Waals surface area (Å²) in [4.78, 5) is 4.25. The number of fused-ring (bicyclic) bond motifs is 2. The molecule has 3 nitrogen and oxygen atoms in total. The highest BCUT2D eigenvalue weighted by Gasteiger charge is 2.54. The lowest BCUT2D eigenvalue weighted by molar-refractivity contribution is -0.0153. The molecule has 1 aromatic heterocycles. The fourth-order valence-corrected chi connectivity index (χ4v) is 4.41. The van der Waals surface area contributed by atoms with E-state index in [-0.39, 0.29) is 5.41 Å². The second kappa shape index (κ2) is 3.79. The SMILES string of the molecule is NCC1(C(O)c2cscn2)CC2CCC1C2. The van der Waals surface area contributed by atoms with Crippen LogP contribution >= 0.6 is 11.3 Å². The molecular formula is C12H18N2OS. The standard InChI is InChI=1S/C12H18N2OS/c13-6-12(4-8-1-2-9(12)3-8)11(15)10-5-16-7-14-10/h5,7-9,11,15H,1-4,6,13H2.